The van der Waals surface area contributed by atoms with Crippen LogP contribution in [0, 0.1) is 0 Å². The van der Waals surface area contributed by atoms with Gasteiger partial charge < -0.3 is 5.11 Å². The van der Waals surface area contributed by atoms with Crippen molar-refractivity contribution >= 4 is 21.7 Å². The van der Waals surface area contributed by atoms with E-state index in [1.807, 2.05) is 30.3 Å². The summed E-state index contributed by atoms with van der Waals surface area (Å²) in [5.41, 5.74) is -0.445. The smallest absolute Gasteiger partial charge is 0.192 e. The Bertz CT molecular complexity index is 448. The van der Waals surface area contributed by atoms with Gasteiger partial charge in [0.15, 0.2) is 5.78 Å². The van der Waals surface area contributed by atoms with Gasteiger partial charge in [-0.25, -0.2) is 0 Å². The molecule has 2 rings (SSSR count). The summed E-state index contributed by atoms with van der Waals surface area (Å²) in [5.74, 6) is -0.129. The fourth-order valence-corrected chi connectivity index (χ4v) is 1.96. The van der Waals surface area contributed by atoms with E-state index < -0.39 is 5.60 Å². The van der Waals surface area contributed by atoms with Crippen molar-refractivity contribution in [2.24, 2.45) is 0 Å². The highest BCUT2D eigenvalue weighted by atomic mass is 79.9. The van der Waals surface area contributed by atoms with E-state index in [0.717, 1.165) is 5.56 Å². The Labute approximate surface area is 96.1 Å². The van der Waals surface area contributed by atoms with E-state index in [9.17, 15) is 9.90 Å². The molecule has 1 aliphatic carbocycles. The Morgan fingerprint density at radius 1 is 1.20 bits per heavy atom. The summed E-state index contributed by atoms with van der Waals surface area (Å²) in [6, 6.07) is 9.20. The van der Waals surface area contributed by atoms with Gasteiger partial charge >= 0.3 is 0 Å². The number of allylic oxidation sites excluding steroid dienone is 2. The van der Waals surface area contributed by atoms with Crippen molar-refractivity contribution in [1.82, 2.24) is 0 Å². The van der Waals surface area contributed by atoms with E-state index in [1.165, 1.54) is 18.2 Å². The van der Waals surface area contributed by atoms with Crippen molar-refractivity contribution in [3.63, 3.8) is 0 Å². The fraction of sp³-hybridized carbons (Fsp3) is 0.0833. The quantitative estimate of drug-likeness (QED) is 0.845. The molecule has 1 aromatic rings. The Kier molecular flexibility index (Phi) is 2.59. The first-order chi connectivity index (χ1) is 7.12. The molecule has 0 saturated carbocycles. The molecule has 0 spiro atoms. The molecule has 76 valence electrons. The number of carbonyl (C=O) groups is 1. The van der Waals surface area contributed by atoms with Gasteiger partial charge in [-0.1, -0.05) is 30.3 Å². The zero-order valence-corrected chi connectivity index (χ0v) is 9.44. The first kappa shape index (κ1) is 10.3. The van der Waals surface area contributed by atoms with Crippen molar-refractivity contribution in [3.05, 3.63) is 58.6 Å². The molecule has 0 fully saturated rings. The summed E-state index contributed by atoms with van der Waals surface area (Å²) in [7, 11) is 0. The molecule has 1 unspecified atom stereocenters. The van der Waals surface area contributed by atoms with Crippen molar-refractivity contribution in [1.29, 1.82) is 0 Å². The second-order valence-electron chi connectivity index (χ2n) is 3.38. The van der Waals surface area contributed by atoms with Crippen molar-refractivity contribution in [3.8, 4) is 0 Å². The molecule has 0 radical (unpaired) electrons. The van der Waals surface area contributed by atoms with Gasteiger partial charge in [-0.3, -0.25) is 4.79 Å². The van der Waals surface area contributed by atoms with Gasteiger partial charge in [-0.15, -0.1) is 0 Å². The van der Waals surface area contributed by atoms with Crippen LogP contribution in [-0.2, 0) is 10.4 Å². The number of benzene rings is 1. The highest BCUT2D eigenvalue weighted by Crippen LogP contribution is 2.30. The van der Waals surface area contributed by atoms with Crippen LogP contribution in [0.25, 0.3) is 0 Å². The predicted molar refractivity (Wildman–Crippen MR) is 61.5 cm³/mol. The van der Waals surface area contributed by atoms with Gasteiger partial charge in [0, 0.05) is 0 Å². The van der Waals surface area contributed by atoms with E-state index in [4.69, 9.17) is 0 Å². The molecule has 0 heterocycles. The molecule has 3 heteroatoms. The van der Waals surface area contributed by atoms with Crippen LogP contribution in [0.1, 0.15) is 5.56 Å². The van der Waals surface area contributed by atoms with Gasteiger partial charge in [0.25, 0.3) is 0 Å². The molecule has 1 aromatic carbocycles. The molecule has 0 bridgehead atoms. The Morgan fingerprint density at radius 2 is 1.87 bits per heavy atom. The monoisotopic (exact) mass is 264 g/mol. The maximum absolute atomic E-state index is 11.2. The number of ketones is 1. The maximum atomic E-state index is 11.2. The second-order valence-corrected chi connectivity index (χ2v) is 4.24. The van der Waals surface area contributed by atoms with Crippen LogP contribution in [0.3, 0.4) is 0 Å². The van der Waals surface area contributed by atoms with E-state index in [-0.39, 0.29) is 5.78 Å². The molecule has 2 nitrogen and oxygen atoms in total. The highest BCUT2D eigenvalue weighted by molar-refractivity contribution is 9.12. The minimum absolute atomic E-state index is 0.129. The lowest BCUT2D eigenvalue weighted by molar-refractivity contribution is -0.111. The number of hydrogen-bond donors (Lipinski definition) is 1. The van der Waals surface area contributed by atoms with Gasteiger partial charge in [0.1, 0.15) is 5.60 Å². The number of halogens is 1. The number of carbonyl (C=O) groups excluding carboxylic acids is 1. The predicted octanol–water partition coefficient (Wildman–Crippen LogP) is 2.29. The Hall–Kier alpha value is -1.19. The van der Waals surface area contributed by atoms with E-state index in [0.29, 0.717) is 4.48 Å². The van der Waals surface area contributed by atoms with Crippen LogP contribution < -0.4 is 0 Å². The van der Waals surface area contributed by atoms with Crippen LogP contribution in [0.4, 0.5) is 0 Å². The summed E-state index contributed by atoms with van der Waals surface area (Å²) in [6.45, 7) is 0. The molecule has 15 heavy (non-hydrogen) atoms. The van der Waals surface area contributed by atoms with Gasteiger partial charge in [-0.05, 0) is 39.7 Å². The fourth-order valence-electron chi connectivity index (χ4n) is 1.48. The molecular formula is C12H9BrO2. The average molecular weight is 265 g/mol. The maximum Gasteiger partial charge on any atom is 0.192 e. The third-order valence-electron chi connectivity index (χ3n) is 2.31. The van der Waals surface area contributed by atoms with Crippen molar-refractivity contribution in [2.75, 3.05) is 0 Å². The third kappa shape index (κ3) is 1.94. The molecule has 0 aromatic heterocycles. The molecule has 1 atom stereocenters. The number of hydrogen-bond acceptors (Lipinski definition) is 2. The summed E-state index contributed by atoms with van der Waals surface area (Å²) >= 11 is 3.13. The van der Waals surface area contributed by atoms with E-state index in [1.54, 1.807) is 0 Å². The average Bonchev–Trinajstić information content (AvgIpc) is 2.26. The van der Waals surface area contributed by atoms with Crippen LogP contribution in [0.5, 0.6) is 0 Å². The molecule has 1 N–H and O–H groups in total. The standard InChI is InChI=1S/C12H9BrO2/c13-10-8-12(15,7-6-11(10)14)9-4-2-1-3-5-9/h1-8,15H. The van der Waals surface area contributed by atoms with Crippen LogP contribution >= 0.6 is 15.9 Å². The summed E-state index contributed by atoms with van der Waals surface area (Å²) < 4.78 is 0.386. The lowest BCUT2D eigenvalue weighted by atomic mass is 9.90. The highest BCUT2D eigenvalue weighted by Gasteiger charge is 2.28. The number of aliphatic hydroxyl groups is 1. The van der Waals surface area contributed by atoms with Crippen LogP contribution in [0.15, 0.2) is 53.0 Å². The third-order valence-corrected chi connectivity index (χ3v) is 2.93. The molecule has 0 aliphatic heterocycles. The lowest BCUT2D eigenvalue weighted by Gasteiger charge is -2.24. The van der Waals surface area contributed by atoms with Gasteiger partial charge in [-0.2, -0.15) is 0 Å². The first-order valence-corrected chi connectivity index (χ1v) is 5.31. The van der Waals surface area contributed by atoms with Crippen molar-refractivity contribution < 1.29 is 9.90 Å². The van der Waals surface area contributed by atoms with E-state index in [2.05, 4.69) is 15.9 Å². The van der Waals surface area contributed by atoms with Gasteiger partial charge in [0.2, 0.25) is 0 Å². The normalized spacial score (nSPS) is 25.2. The van der Waals surface area contributed by atoms with Crippen molar-refractivity contribution in [2.45, 2.75) is 5.60 Å². The van der Waals surface area contributed by atoms with Crippen LogP contribution in [0.2, 0.25) is 0 Å². The molecule has 0 saturated heterocycles. The SMILES string of the molecule is O=C1C=CC(O)(c2ccccc2)C=C1Br. The lowest BCUT2D eigenvalue weighted by Crippen LogP contribution is -2.24. The largest absolute Gasteiger partial charge is 0.377 e. The minimum atomic E-state index is -1.19. The summed E-state index contributed by atoms with van der Waals surface area (Å²) in [5, 5.41) is 10.3. The molecular weight excluding hydrogens is 256 g/mol. The summed E-state index contributed by atoms with van der Waals surface area (Å²) in [6.07, 6.45) is 4.37. The Morgan fingerprint density at radius 3 is 2.47 bits per heavy atom. The zero-order chi connectivity index (χ0) is 10.9. The Balaban J connectivity index is 2.46. The van der Waals surface area contributed by atoms with E-state index >= 15 is 0 Å². The minimum Gasteiger partial charge on any atom is -0.377 e. The van der Waals surface area contributed by atoms with Gasteiger partial charge in [0.05, 0.1) is 4.48 Å². The first-order valence-electron chi connectivity index (χ1n) is 4.52. The number of rotatable bonds is 1. The van der Waals surface area contributed by atoms with Crippen LogP contribution in [-0.4, -0.2) is 10.9 Å². The molecule has 1 aliphatic rings. The zero-order valence-electron chi connectivity index (χ0n) is 7.85. The topological polar surface area (TPSA) is 37.3 Å². The summed E-state index contributed by atoms with van der Waals surface area (Å²) in [4.78, 5) is 11.2. The second kappa shape index (κ2) is 3.76. The molecule has 0 amide bonds.